The van der Waals surface area contributed by atoms with E-state index >= 15 is 0 Å². The fraction of sp³-hybridized carbons (Fsp3) is 0.188. The predicted molar refractivity (Wildman–Crippen MR) is 144 cm³/mol. The highest BCUT2D eigenvalue weighted by atomic mass is 16.3. The summed E-state index contributed by atoms with van der Waals surface area (Å²) in [7, 11) is 0. The van der Waals surface area contributed by atoms with E-state index in [0.717, 1.165) is 39.0 Å². The van der Waals surface area contributed by atoms with Gasteiger partial charge in [-0.15, -0.1) is 0 Å². The third kappa shape index (κ3) is 3.19. The third-order valence-corrected chi connectivity index (χ3v) is 8.52. The lowest BCUT2D eigenvalue weighted by Crippen LogP contribution is -2.50. The van der Waals surface area contributed by atoms with Crippen LogP contribution in [-0.4, -0.2) is 43.0 Å². The average Bonchev–Trinajstić information content (AvgIpc) is 3.21. The topological polar surface area (TPSA) is 104 Å². The van der Waals surface area contributed by atoms with Gasteiger partial charge in [-0.2, -0.15) is 0 Å². The minimum Gasteiger partial charge on any atom is -0.508 e. The number of rotatable bonds is 1. The Bertz CT molecular complexity index is 1660. The first kappa shape index (κ1) is 22.6. The van der Waals surface area contributed by atoms with Gasteiger partial charge in [-0.1, -0.05) is 24.3 Å². The van der Waals surface area contributed by atoms with Gasteiger partial charge in [0.05, 0.1) is 0 Å². The maximum absolute atomic E-state index is 11.3. The van der Waals surface area contributed by atoms with Crippen molar-refractivity contribution in [1.82, 2.24) is 4.90 Å². The van der Waals surface area contributed by atoms with Crippen LogP contribution in [0.15, 0.2) is 79.0 Å². The Labute approximate surface area is 220 Å². The number of phenols is 5. The van der Waals surface area contributed by atoms with Gasteiger partial charge in [0.15, 0.2) is 0 Å². The highest BCUT2D eigenvalue weighted by molar-refractivity contribution is 5.86. The Balaban J connectivity index is 1.54. The van der Waals surface area contributed by atoms with Crippen molar-refractivity contribution in [3.8, 4) is 39.9 Å². The minimum absolute atomic E-state index is 0.0189. The monoisotopic (exact) mass is 505 g/mol. The maximum atomic E-state index is 11.3. The molecule has 4 aromatic rings. The third-order valence-electron chi connectivity index (χ3n) is 8.52. The summed E-state index contributed by atoms with van der Waals surface area (Å²) in [5, 5.41) is 53.7. The van der Waals surface area contributed by atoms with Crippen LogP contribution < -0.4 is 0 Å². The minimum atomic E-state index is -0.732. The van der Waals surface area contributed by atoms with Crippen molar-refractivity contribution in [3.63, 3.8) is 0 Å². The lowest BCUT2D eigenvalue weighted by molar-refractivity contribution is 0.196. The molecule has 1 aliphatic carbocycles. The second kappa shape index (κ2) is 7.96. The largest absolute Gasteiger partial charge is 0.508 e. The lowest BCUT2D eigenvalue weighted by atomic mass is 9.65. The van der Waals surface area contributed by atoms with Crippen LogP contribution >= 0.6 is 0 Å². The van der Waals surface area contributed by atoms with Crippen LogP contribution in [0.25, 0.3) is 16.7 Å². The number of allylic oxidation sites excluding steroid dienone is 1. The molecule has 2 atom stereocenters. The molecule has 4 bridgehead atoms. The first-order valence-corrected chi connectivity index (χ1v) is 12.8. The molecule has 3 aliphatic heterocycles. The van der Waals surface area contributed by atoms with Gasteiger partial charge in [-0.25, -0.2) is 0 Å². The quantitative estimate of drug-likeness (QED) is 0.237. The molecule has 0 amide bonds. The van der Waals surface area contributed by atoms with Crippen LogP contribution in [-0.2, 0) is 18.3 Å². The van der Waals surface area contributed by atoms with E-state index in [-0.39, 0.29) is 34.8 Å². The van der Waals surface area contributed by atoms with Crippen LogP contribution in [0, 0.1) is 0 Å². The average molecular weight is 506 g/mol. The van der Waals surface area contributed by atoms with Gasteiger partial charge in [-0.05, 0) is 95.1 Å². The van der Waals surface area contributed by atoms with Crippen molar-refractivity contribution in [3.05, 3.63) is 107 Å². The van der Waals surface area contributed by atoms with E-state index in [0.29, 0.717) is 31.4 Å². The predicted octanol–water partition coefficient (Wildman–Crippen LogP) is 5.40. The number of fused-ring (bicyclic) bond motifs is 6. The molecular formula is C32H27NO5. The molecule has 4 aromatic carbocycles. The number of hydrogen-bond donors (Lipinski definition) is 5. The molecule has 6 nitrogen and oxygen atoms in total. The van der Waals surface area contributed by atoms with Crippen LogP contribution in [0.4, 0.5) is 0 Å². The van der Waals surface area contributed by atoms with Gasteiger partial charge in [-0.3, -0.25) is 0 Å². The molecule has 0 spiro atoms. The molecule has 3 heterocycles. The van der Waals surface area contributed by atoms with Crippen LogP contribution in [0.1, 0.15) is 34.2 Å². The van der Waals surface area contributed by atoms with Crippen LogP contribution in [0.5, 0.6) is 28.7 Å². The molecule has 0 saturated heterocycles. The van der Waals surface area contributed by atoms with Crippen molar-refractivity contribution in [2.75, 3.05) is 6.54 Å². The Morgan fingerprint density at radius 1 is 0.711 bits per heavy atom. The number of aromatic hydroxyl groups is 5. The summed E-state index contributed by atoms with van der Waals surface area (Å²) in [6.07, 6.45) is 3.93. The Morgan fingerprint density at radius 3 is 2.34 bits per heavy atom. The van der Waals surface area contributed by atoms with Crippen molar-refractivity contribution in [2.24, 2.45) is 0 Å². The summed E-state index contributed by atoms with van der Waals surface area (Å²) < 4.78 is 0. The zero-order chi connectivity index (χ0) is 26.2. The van der Waals surface area contributed by atoms with E-state index < -0.39 is 5.41 Å². The highest BCUT2D eigenvalue weighted by Gasteiger charge is 2.54. The van der Waals surface area contributed by atoms with Crippen LogP contribution in [0.2, 0.25) is 0 Å². The summed E-state index contributed by atoms with van der Waals surface area (Å²) in [6.45, 7) is 0.655. The van der Waals surface area contributed by atoms with Gasteiger partial charge < -0.3 is 30.4 Å². The molecule has 2 unspecified atom stereocenters. The first-order chi connectivity index (χ1) is 18.3. The van der Waals surface area contributed by atoms with E-state index in [1.54, 1.807) is 30.3 Å². The summed E-state index contributed by atoms with van der Waals surface area (Å²) in [6, 6.07) is 21.2. The van der Waals surface area contributed by atoms with Crippen molar-refractivity contribution in [2.45, 2.75) is 30.7 Å². The Morgan fingerprint density at radius 2 is 1.53 bits per heavy atom. The second-order valence-corrected chi connectivity index (χ2v) is 10.6. The molecule has 6 heteroatoms. The molecule has 5 N–H and O–H groups in total. The zero-order valence-corrected chi connectivity index (χ0v) is 20.6. The summed E-state index contributed by atoms with van der Waals surface area (Å²) >= 11 is 0. The standard InChI is InChI=1S/C32H27NO5/c34-22-3-1-2-21(13-22)32-16-20-17-33(30(32)12-19-11-24(36)15-29(38)31(19)32)9-8-18-4-6-26(28(37)10-18)25-7-5-23(35)14-27(20)25/h1-7,10-11,13-15,17,30,34-38H,8-9,12,16H2. The van der Waals surface area contributed by atoms with Crippen molar-refractivity contribution >= 4 is 5.57 Å². The molecule has 0 aromatic heterocycles. The fourth-order valence-electron chi connectivity index (χ4n) is 7.00. The normalized spacial score (nSPS) is 21.2. The summed E-state index contributed by atoms with van der Waals surface area (Å²) in [4.78, 5) is 2.29. The summed E-state index contributed by atoms with van der Waals surface area (Å²) in [5.74, 6) is 0.504. The van der Waals surface area contributed by atoms with Gasteiger partial charge in [0.2, 0.25) is 0 Å². The Kier molecular flexibility index (Phi) is 4.73. The molecule has 0 saturated carbocycles. The molecule has 0 radical (unpaired) electrons. The maximum Gasteiger partial charge on any atom is 0.123 e. The first-order valence-electron chi connectivity index (χ1n) is 12.8. The van der Waals surface area contributed by atoms with Gasteiger partial charge in [0.1, 0.15) is 28.7 Å². The molecule has 0 fully saturated rings. The molecule has 190 valence electrons. The zero-order valence-electron chi connectivity index (χ0n) is 20.6. The molecule has 38 heavy (non-hydrogen) atoms. The fourth-order valence-corrected chi connectivity index (χ4v) is 7.00. The number of hydrogen-bond acceptors (Lipinski definition) is 6. The number of phenolic OH excluding ortho intramolecular Hbond substituents is 5. The highest BCUT2D eigenvalue weighted by Crippen LogP contribution is 2.58. The van der Waals surface area contributed by atoms with Gasteiger partial charge in [0, 0.05) is 41.4 Å². The van der Waals surface area contributed by atoms with Gasteiger partial charge in [0.25, 0.3) is 0 Å². The van der Waals surface area contributed by atoms with E-state index in [4.69, 9.17) is 0 Å². The van der Waals surface area contributed by atoms with Crippen molar-refractivity contribution in [1.29, 1.82) is 0 Å². The van der Waals surface area contributed by atoms with E-state index in [1.807, 2.05) is 36.4 Å². The number of nitrogens with zero attached hydrogens (tertiary/aromatic N) is 1. The molecule has 8 rings (SSSR count). The smallest absolute Gasteiger partial charge is 0.123 e. The van der Waals surface area contributed by atoms with Crippen LogP contribution in [0.3, 0.4) is 0 Å². The lowest BCUT2D eigenvalue weighted by Gasteiger charge is -2.47. The van der Waals surface area contributed by atoms with E-state index in [9.17, 15) is 25.5 Å². The summed E-state index contributed by atoms with van der Waals surface area (Å²) in [5.41, 5.74) is 6.00. The molecule has 4 aliphatic rings. The molecular weight excluding hydrogens is 478 g/mol. The SMILES string of the molecule is Oc1cccc(C23CC4=CN(CCc5ccc(c(O)c5)-c5ccc(O)cc54)C2Cc2cc(O)cc(O)c23)c1. The number of benzene rings is 4. The van der Waals surface area contributed by atoms with Gasteiger partial charge >= 0.3 is 0 Å². The van der Waals surface area contributed by atoms with E-state index in [1.165, 1.54) is 6.07 Å². The van der Waals surface area contributed by atoms with E-state index in [2.05, 4.69) is 11.1 Å². The van der Waals surface area contributed by atoms with Crippen molar-refractivity contribution < 1.29 is 25.5 Å². The second-order valence-electron chi connectivity index (χ2n) is 10.6. The Hall–Kier alpha value is -4.58.